The van der Waals surface area contributed by atoms with Gasteiger partial charge in [0, 0.05) is 36.1 Å². The van der Waals surface area contributed by atoms with Gasteiger partial charge in [-0.15, -0.1) is 0 Å². The molecular weight excluding hydrogens is 276 g/mol. The van der Waals surface area contributed by atoms with E-state index in [1.165, 1.54) is 12.8 Å². The van der Waals surface area contributed by atoms with Crippen molar-refractivity contribution in [3.8, 4) is 11.3 Å². The highest BCUT2D eigenvalue weighted by Gasteiger charge is 2.22. The normalized spacial score (nSPS) is 15.1. The molecule has 0 atom stereocenters. The number of aromatic nitrogens is 3. The van der Waals surface area contributed by atoms with Crippen molar-refractivity contribution in [2.75, 3.05) is 6.54 Å². The standard InChI is InChI=1S/C17H22N4O/c1-13-11-16(15-7-4-8-18-12-15)20-21(13)10-9-19-17(22)14-5-2-3-6-14/h4,7-8,11-12,14H,2-3,5-6,9-10H2,1H3,(H,19,22). The molecule has 1 aliphatic carbocycles. The van der Waals surface area contributed by atoms with Gasteiger partial charge in [-0.1, -0.05) is 12.8 Å². The van der Waals surface area contributed by atoms with Crippen LogP contribution in [0.3, 0.4) is 0 Å². The number of carbonyl (C=O) groups excluding carboxylic acids is 1. The van der Waals surface area contributed by atoms with Crippen molar-refractivity contribution in [3.63, 3.8) is 0 Å². The molecule has 2 heterocycles. The fourth-order valence-corrected chi connectivity index (χ4v) is 3.01. The van der Waals surface area contributed by atoms with Gasteiger partial charge in [-0.3, -0.25) is 14.5 Å². The van der Waals surface area contributed by atoms with Gasteiger partial charge < -0.3 is 5.32 Å². The largest absolute Gasteiger partial charge is 0.354 e. The molecule has 0 bridgehead atoms. The average molecular weight is 298 g/mol. The summed E-state index contributed by atoms with van der Waals surface area (Å²) < 4.78 is 1.94. The number of carbonyl (C=O) groups is 1. The Labute approximate surface area is 130 Å². The highest BCUT2D eigenvalue weighted by Crippen LogP contribution is 2.24. The molecule has 1 fully saturated rings. The third-order valence-electron chi connectivity index (χ3n) is 4.29. The van der Waals surface area contributed by atoms with Crippen LogP contribution in [0.5, 0.6) is 0 Å². The summed E-state index contributed by atoms with van der Waals surface area (Å²) in [6.07, 6.45) is 8.02. The van der Waals surface area contributed by atoms with Gasteiger partial charge >= 0.3 is 0 Å². The molecule has 1 saturated carbocycles. The minimum absolute atomic E-state index is 0.204. The van der Waals surface area contributed by atoms with Crippen molar-refractivity contribution in [3.05, 3.63) is 36.3 Å². The van der Waals surface area contributed by atoms with Gasteiger partial charge in [0.25, 0.3) is 0 Å². The molecule has 0 unspecified atom stereocenters. The summed E-state index contributed by atoms with van der Waals surface area (Å²) in [5.41, 5.74) is 3.03. The van der Waals surface area contributed by atoms with E-state index in [0.29, 0.717) is 13.1 Å². The number of rotatable bonds is 5. The van der Waals surface area contributed by atoms with Crippen LogP contribution in [-0.2, 0) is 11.3 Å². The summed E-state index contributed by atoms with van der Waals surface area (Å²) in [5, 5.41) is 7.64. The Bertz CT molecular complexity index is 629. The molecule has 22 heavy (non-hydrogen) atoms. The Morgan fingerprint density at radius 2 is 2.23 bits per heavy atom. The van der Waals surface area contributed by atoms with Crippen LogP contribution in [0.15, 0.2) is 30.6 Å². The summed E-state index contributed by atoms with van der Waals surface area (Å²) in [7, 11) is 0. The van der Waals surface area contributed by atoms with Crippen LogP contribution in [0, 0.1) is 12.8 Å². The quantitative estimate of drug-likeness (QED) is 0.923. The zero-order chi connectivity index (χ0) is 15.4. The van der Waals surface area contributed by atoms with Crippen LogP contribution in [0.1, 0.15) is 31.4 Å². The first-order chi connectivity index (χ1) is 10.7. The second-order valence-electron chi connectivity index (χ2n) is 5.91. The van der Waals surface area contributed by atoms with E-state index in [9.17, 15) is 4.79 Å². The first kappa shape index (κ1) is 14.8. The number of aryl methyl sites for hydroxylation is 1. The van der Waals surface area contributed by atoms with Gasteiger partial charge in [-0.25, -0.2) is 0 Å². The van der Waals surface area contributed by atoms with Crippen LogP contribution >= 0.6 is 0 Å². The Kier molecular flexibility index (Phi) is 4.51. The van der Waals surface area contributed by atoms with Gasteiger partial charge in [0.15, 0.2) is 0 Å². The highest BCUT2D eigenvalue weighted by atomic mass is 16.1. The summed E-state index contributed by atoms with van der Waals surface area (Å²) >= 11 is 0. The Morgan fingerprint density at radius 3 is 2.95 bits per heavy atom. The minimum atomic E-state index is 0.204. The Balaban J connectivity index is 1.57. The fraction of sp³-hybridized carbons (Fsp3) is 0.471. The van der Waals surface area contributed by atoms with Crippen molar-refractivity contribution in [2.45, 2.75) is 39.2 Å². The third kappa shape index (κ3) is 3.35. The molecule has 0 spiro atoms. The number of amides is 1. The lowest BCUT2D eigenvalue weighted by Crippen LogP contribution is -2.32. The van der Waals surface area contributed by atoms with Crippen LogP contribution in [0.25, 0.3) is 11.3 Å². The smallest absolute Gasteiger partial charge is 0.223 e. The zero-order valence-corrected chi connectivity index (χ0v) is 13.0. The summed E-state index contributed by atoms with van der Waals surface area (Å²) in [6, 6.07) is 5.96. The number of nitrogens with zero attached hydrogens (tertiary/aromatic N) is 3. The van der Waals surface area contributed by atoms with Crippen LogP contribution in [0.2, 0.25) is 0 Å². The first-order valence-corrected chi connectivity index (χ1v) is 7.96. The predicted molar refractivity (Wildman–Crippen MR) is 85.2 cm³/mol. The lowest BCUT2D eigenvalue weighted by molar-refractivity contribution is -0.124. The molecule has 0 aliphatic heterocycles. The monoisotopic (exact) mass is 298 g/mol. The highest BCUT2D eigenvalue weighted by molar-refractivity contribution is 5.78. The summed E-state index contributed by atoms with van der Waals surface area (Å²) in [4.78, 5) is 16.1. The number of hydrogen-bond donors (Lipinski definition) is 1. The summed E-state index contributed by atoms with van der Waals surface area (Å²) in [5.74, 6) is 0.430. The molecule has 116 valence electrons. The molecule has 1 amide bonds. The zero-order valence-electron chi connectivity index (χ0n) is 13.0. The molecule has 0 aromatic carbocycles. The van der Waals surface area contributed by atoms with Crippen LogP contribution in [-0.4, -0.2) is 27.2 Å². The number of nitrogens with one attached hydrogen (secondary N) is 1. The van der Waals surface area contributed by atoms with Gasteiger partial charge in [0.2, 0.25) is 5.91 Å². The number of hydrogen-bond acceptors (Lipinski definition) is 3. The van der Waals surface area contributed by atoms with E-state index in [2.05, 4.69) is 21.5 Å². The van der Waals surface area contributed by atoms with E-state index in [0.717, 1.165) is 29.8 Å². The molecule has 2 aromatic heterocycles. The maximum absolute atomic E-state index is 12.0. The van der Waals surface area contributed by atoms with E-state index in [4.69, 9.17) is 0 Å². The second-order valence-corrected chi connectivity index (χ2v) is 5.91. The molecular formula is C17H22N4O. The molecule has 5 heteroatoms. The van der Waals surface area contributed by atoms with Crippen molar-refractivity contribution in [2.24, 2.45) is 5.92 Å². The SMILES string of the molecule is Cc1cc(-c2cccnc2)nn1CCNC(=O)C1CCCC1. The Morgan fingerprint density at radius 1 is 1.41 bits per heavy atom. The van der Waals surface area contributed by atoms with Crippen molar-refractivity contribution in [1.82, 2.24) is 20.1 Å². The first-order valence-electron chi connectivity index (χ1n) is 7.96. The van der Waals surface area contributed by atoms with Crippen LogP contribution < -0.4 is 5.32 Å². The van der Waals surface area contributed by atoms with Gasteiger partial charge in [0.1, 0.15) is 0 Å². The van der Waals surface area contributed by atoms with E-state index < -0.39 is 0 Å². The van der Waals surface area contributed by atoms with E-state index in [1.807, 2.05) is 29.9 Å². The fourth-order valence-electron chi connectivity index (χ4n) is 3.01. The molecule has 0 radical (unpaired) electrons. The topological polar surface area (TPSA) is 59.8 Å². The third-order valence-corrected chi connectivity index (χ3v) is 4.29. The van der Waals surface area contributed by atoms with Crippen molar-refractivity contribution in [1.29, 1.82) is 0 Å². The number of pyridine rings is 1. The molecule has 2 aromatic rings. The lowest BCUT2D eigenvalue weighted by atomic mass is 10.1. The van der Waals surface area contributed by atoms with Crippen LogP contribution in [0.4, 0.5) is 0 Å². The molecule has 0 saturated heterocycles. The van der Waals surface area contributed by atoms with E-state index in [-0.39, 0.29) is 11.8 Å². The van der Waals surface area contributed by atoms with E-state index >= 15 is 0 Å². The second kappa shape index (κ2) is 6.73. The predicted octanol–water partition coefficient (Wildman–Crippen LogP) is 2.56. The minimum Gasteiger partial charge on any atom is -0.354 e. The Hall–Kier alpha value is -2.17. The summed E-state index contributed by atoms with van der Waals surface area (Å²) in [6.45, 7) is 3.36. The average Bonchev–Trinajstić information content (AvgIpc) is 3.18. The molecule has 1 aliphatic rings. The lowest BCUT2D eigenvalue weighted by Gasteiger charge is -2.10. The molecule has 5 nitrogen and oxygen atoms in total. The van der Waals surface area contributed by atoms with Crippen molar-refractivity contribution >= 4 is 5.91 Å². The maximum atomic E-state index is 12.0. The van der Waals surface area contributed by atoms with Gasteiger partial charge in [0.05, 0.1) is 12.2 Å². The molecule has 1 N–H and O–H groups in total. The van der Waals surface area contributed by atoms with Crippen molar-refractivity contribution < 1.29 is 4.79 Å². The maximum Gasteiger partial charge on any atom is 0.223 e. The molecule has 3 rings (SSSR count). The van der Waals surface area contributed by atoms with E-state index in [1.54, 1.807) is 6.20 Å². The van der Waals surface area contributed by atoms with Gasteiger partial charge in [-0.2, -0.15) is 5.10 Å². The van der Waals surface area contributed by atoms with Gasteiger partial charge in [-0.05, 0) is 38.0 Å².